The van der Waals surface area contributed by atoms with Crippen LogP contribution in [0.15, 0.2) is 18.2 Å². The van der Waals surface area contributed by atoms with Crippen LogP contribution in [0.1, 0.15) is 38.9 Å². The Labute approximate surface area is 103 Å². The molecular formula is C14H22O3. The van der Waals surface area contributed by atoms with Crippen molar-refractivity contribution >= 4 is 0 Å². The summed E-state index contributed by atoms with van der Waals surface area (Å²) in [5, 5.41) is 9.67. The van der Waals surface area contributed by atoms with Crippen molar-refractivity contribution in [3.05, 3.63) is 23.8 Å². The third-order valence-electron chi connectivity index (χ3n) is 2.89. The van der Waals surface area contributed by atoms with E-state index >= 15 is 0 Å². The minimum atomic E-state index is -0.534. The average molecular weight is 238 g/mol. The van der Waals surface area contributed by atoms with E-state index in [1.54, 1.807) is 14.0 Å². The van der Waals surface area contributed by atoms with Crippen LogP contribution in [0.25, 0.3) is 0 Å². The molecule has 0 aliphatic rings. The number of hydrogen-bond donors (Lipinski definition) is 1. The monoisotopic (exact) mass is 238 g/mol. The number of aliphatic hydroxyl groups excluding tert-OH is 1. The van der Waals surface area contributed by atoms with E-state index in [0.717, 1.165) is 17.7 Å². The van der Waals surface area contributed by atoms with Gasteiger partial charge in [-0.05, 0) is 25.0 Å². The maximum atomic E-state index is 9.67. The SMILES string of the molecule is CCC(C)COc1cc(OC)ccc1[C@@H](C)O. The fourth-order valence-electron chi connectivity index (χ4n) is 1.46. The largest absolute Gasteiger partial charge is 0.497 e. The Morgan fingerprint density at radius 2 is 2.00 bits per heavy atom. The summed E-state index contributed by atoms with van der Waals surface area (Å²) in [6, 6.07) is 5.50. The molecule has 2 atom stereocenters. The highest BCUT2D eigenvalue weighted by Gasteiger charge is 2.11. The standard InChI is InChI=1S/C14H22O3/c1-5-10(2)9-17-14-8-12(16-4)6-7-13(14)11(3)15/h6-8,10-11,15H,5,9H2,1-4H3/t10?,11-/m1/s1. The smallest absolute Gasteiger partial charge is 0.128 e. The molecule has 0 aromatic heterocycles. The molecule has 0 aliphatic heterocycles. The highest BCUT2D eigenvalue weighted by molar-refractivity contribution is 5.41. The molecule has 96 valence electrons. The molecule has 0 aliphatic carbocycles. The topological polar surface area (TPSA) is 38.7 Å². The molecular weight excluding hydrogens is 216 g/mol. The van der Waals surface area contributed by atoms with E-state index in [4.69, 9.17) is 9.47 Å². The van der Waals surface area contributed by atoms with Crippen LogP contribution in [0, 0.1) is 5.92 Å². The van der Waals surface area contributed by atoms with E-state index in [1.807, 2.05) is 18.2 Å². The molecule has 1 rings (SSSR count). The second kappa shape index (κ2) is 6.50. The van der Waals surface area contributed by atoms with Crippen molar-refractivity contribution in [3.8, 4) is 11.5 Å². The molecule has 0 heterocycles. The molecule has 3 nitrogen and oxygen atoms in total. The van der Waals surface area contributed by atoms with E-state index in [2.05, 4.69) is 13.8 Å². The number of benzene rings is 1. The van der Waals surface area contributed by atoms with E-state index in [-0.39, 0.29) is 0 Å². The lowest BCUT2D eigenvalue weighted by atomic mass is 10.1. The van der Waals surface area contributed by atoms with Gasteiger partial charge in [-0.2, -0.15) is 0 Å². The Hall–Kier alpha value is -1.22. The first-order chi connectivity index (χ1) is 8.08. The van der Waals surface area contributed by atoms with Crippen molar-refractivity contribution in [2.24, 2.45) is 5.92 Å². The summed E-state index contributed by atoms with van der Waals surface area (Å²) in [5.74, 6) is 1.95. The normalized spacial score (nSPS) is 14.2. The highest BCUT2D eigenvalue weighted by atomic mass is 16.5. The summed E-state index contributed by atoms with van der Waals surface area (Å²) < 4.78 is 10.9. The third-order valence-corrected chi connectivity index (χ3v) is 2.89. The van der Waals surface area contributed by atoms with Crippen LogP contribution in [0.5, 0.6) is 11.5 Å². The molecule has 0 amide bonds. The van der Waals surface area contributed by atoms with Gasteiger partial charge in [0.1, 0.15) is 11.5 Å². The third kappa shape index (κ3) is 3.93. The molecule has 1 N–H and O–H groups in total. The summed E-state index contributed by atoms with van der Waals surface area (Å²) in [4.78, 5) is 0. The Morgan fingerprint density at radius 1 is 1.29 bits per heavy atom. The minimum Gasteiger partial charge on any atom is -0.497 e. The molecule has 0 saturated carbocycles. The van der Waals surface area contributed by atoms with Crippen LogP contribution >= 0.6 is 0 Å². The van der Waals surface area contributed by atoms with Gasteiger partial charge in [-0.15, -0.1) is 0 Å². The lowest BCUT2D eigenvalue weighted by molar-refractivity contribution is 0.186. The molecule has 0 saturated heterocycles. The summed E-state index contributed by atoms with van der Waals surface area (Å²) in [6.45, 7) is 6.67. The zero-order chi connectivity index (χ0) is 12.8. The summed E-state index contributed by atoms with van der Waals surface area (Å²) in [5.41, 5.74) is 0.800. The van der Waals surface area contributed by atoms with Crippen LogP contribution in [-0.4, -0.2) is 18.8 Å². The van der Waals surface area contributed by atoms with Gasteiger partial charge in [0.05, 0.1) is 19.8 Å². The predicted octanol–water partition coefficient (Wildman–Crippen LogP) is 3.17. The zero-order valence-corrected chi connectivity index (χ0v) is 11.1. The van der Waals surface area contributed by atoms with Gasteiger partial charge in [0.15, 0.2) is 0 Å². The number of rotatable bonds is 6. The van der Waals surface area contributed by atoms with E-state index in [0.29, 0.717) is 18.3 Å². The number of aliphatic hydroxyl groups is 1. The summed E-state index contributed by atoms with van der Waals surface area (Å²) >= 11 is 0. The van der Waals surface area contributed by atoms with Gasteiger partial charge >= 0.3 is 0 Å². The first-order valence-corrected chi connectivity index (χ1v) is 6.07. The Bertz CT molecular complexity index is 347. The average Bonchev–Trinajstić information content (AvgIpc) is 2.35. The lowest BCUT2D eigenvalue weighted by Gasteiger charge is -2.16. The quantitative estimate of drug-likeness (QED) is 0.827. The molecule has 1 aromatic carbocycles. The van der Waals surface area contributed by atoms with Crippen LogP contribution in [0.4, 0.5) is 0 Å². The Morgan fingerprint density at radius 3 is 2.53 bits per heavy atom. The fourth-order valence-corrected chi connectivity index (χ4v) is 1.46. The first kappa shape index (κ1) is 13.8. The molecule has 1 unspecified atom stereocenters. The summed E-state index contributed by atoms with van der Waals surface area (Å²) in [7, 11) is 1.62. The Kier molecular flexibility index (Phi) is 5.29. The van der Waals surface area contributed by atoms with Crippen molar-refractivity contribution in [2.45, 2.75) is 33.3 Å². The maximum Gasteiger partial charge on any atom is 0.128 e. The minimum absolute atomic E-state index is 0.503. The molecule has 0 fully saturated rings. The summed E-state index contributed by atoms with van der Waals surface area (Å²) in [6.07, 6.45) is 0.543. The first-order valence-electron chi connectivity index (χ1n) is 6.07. The molecule has 0 bridgehead atoms. The maximum absolute atomic E-state index is 9.67. The van der Waals surface area contributed by atoms with Crippen molar-refractivity contribution in [2.75, 3.05) is 13.7 Å². The number of ether oxygens (including phenoxy) is 2. The van der Waals surface area contributed by atoms with Crippen LogP contribution in [-0.2, 0) is 0 Å². The van der Waals surface area contributed by atoms with Gasteiger partial charge < -0.3 is 14.6 Å². The van der Waals surface area contributed by atoms with Gasteiger partial charge in [0, 0.05) is 11.6 Å². The van der Waals surface area contributed by atoms with Gasteiger partial charge in [0.2, 0.25) is 0 Å². The fraction of sp³-hybridized carbons (Fsp3) is 0.571. The second-order valence-electron chi connectivity index (χ2n) is 4.40. The van der Waals surface area contributed by atoms with Crippen molar-refractivity contribution in [1.29, 1.82) is 0 Å². The van der Waals surface area contributed by atoms with E-state index in [1.165, 1.54) is 0 Å². The van der Waals surface area contributed by atoms with Crippen molar-refractivity contribution in [1.82, 2.24) is 0 Å². The molecule has 0 radical (unpaired) electrons. The van der Waals surface area contributed by atoms with Crippen molar-refractivity contribution < 1.29 is 14.6 Å². The second-order valence-corrected chi connectivity index (χ2v) is 4.40. The van der Waals surface area contributed by atoms with Crippen LogP contribution < -0.4 is 9.47 Å². The van der Waals surface area contributed by atoms with E-state index < -0.39 is 6.10 Å². The molecule has 3 heteroatoms. The predicted molar refractivity (Wildman–Crippen MR) is 68.6 cm³/mol. The molecule has 1 aromatic rings. The van der Waals surface area contributed by atoms with Gasteiger partial charge in [-0.3, -0.25) is 0 Å². The molecule has 17 heavy (non-hydrogen) atoms. The van der Waals surface area contributed by atoms with Crippen molar-refractivity contribution in [3.63, 3.8) is 0 Å². The van der Waals surface area contributed by atoms with Crippen LogP contribution in [0.2, 0.25) is 0 Å². The van der Waals surface area contributed by atoms with Gasteiger partial charge in [-0.1, -0.05) is 20.3 Å². The molecule has 0 spiro atoms. The number of methoxy groups -OCH3 is 1. The highest BCUT2D eigenvalue weighted by Crippen LogP contribution is 2.29. The van der Waals surface area contributed by atoms with E-state index in [9.17, 15) is 5.11 Å². The zero-order valence-electron chi connectivity index (χ0n) is 11.1. The lowest BCUT2D eigenvalue weighted by Crippen LogP contribution is -2.09. The van der Waals surface area contributed by atoms with Crippen LogP contribution in [0.3, 0.4) is 0 Å². The Balaban J connectivity index is 2.85. The van der Waals surface area contributed by atoms with Gasteiger partial charge in [0.25, 0.3) is 0 Å². The van der Waals surface area contributed by atoms with Gasteiger partial charge in [-0.25, -0.2) is 0 Å². The number of hydrogen-bond acceptors (Lipinski definition) is 3.